The highest BCUT2D eigenvalue weighted by Crippen LogP contribution is 2.54. The summed E-state index contributed by atoms with van der Waals surface area (Å²) in [4.78, 5) is 11.4. The van der Waals surface area contributed by atoms with Crippen LogP contribution in [0.15, 0.2) is 18.2 Å². The van der Waals surface area contributed by atoms with E-state index in [1.165, 1.54) is 5.56 Å². The third-order valence-electron chi connectivity index (χ3n) is 4.54. The predicted molar refractivity (Wildman–Crippen MR) is 63.1 cm³/mol. The van der Waals surface area contributed by atoms with Crippen molar-refractivity contribution in [3.63, 3.8) is 0 Å². The third kappa shape index (κ3) is 1.38. The molecule has 2 aliphatic rings. The van der Waals surface area contributed by atoms with E-state index in [-0.39, 0.29) is 17.1 Å². The number of aliphatic carboxylic acids is 1. The molecule has 0 amide bonds. The Balaban J connectivity index is 2.12. The highest BCUT2D eigenvalue weighted by Gasteiger charge is 2.51. The zero-order valence-electron chi connectivity index (χ0n) is 9.65. The molecular weight excluding hydrogens is 216 g/mol. The van der Waals surface area contributed by atoms with Crippen LogP contribution in [0.1, 0.15) is 36.8 Å². The van der Waals surface area contributed by atoms with Crippen LogP contribution in [0.2, 0.25) is 0 Å². The van der Waals surface area contributed by atoms with E-state index in [1.54, 1.807) is 12.1 Å². The number of carboxylic acids is 1. The molecule has 3 nitrogen and oxygen atoms in total. The smallest absolute Gasteiger partial charge is 0.307 e. The number of phenolic OH excluding ortho intramolecular Hbond substituents is 1. The fraction of sp³-hybridized carbons (Fsp3) is 0.500. The van der Waals surface area contributed by atoms with Gasteiger partial charge in [-0.25, -0.2) is 0 Å². The van der Waals surface area contributed by atoms with Crippen LogP contribution in [0.25, 0.3) is 0 Å². The molecule has 17 heavy (non-hydrogen) atoms. The van der Waals surface area contributed by atoms with Gasteiger partial charge >= 0.3 is 5.97 Å². The number of phenols is 1. The summed E-state index contributed by atoms with van der Waals surface area (Å²) in [6.07, 6.45) is 4.53. The molecule has 0 aromatic heterocycles. The van der Waals surface area contributed by atoms with Crippen LogP contribution in [-0.2, 0) is 16.6 Å². The van der Waals surface area contributed by atoms with Crippen LogP contribution in [0.4, 0.5) is 0 Å². The molecule has 1 spiro atoms. The van der Waals surface area contributed by atoms with Gasteiger partial charge in [0.2, 0.25) is 0 Å². The maximum Gasteiger partial charge on any atom is 0.307 e. The van der Waals surface area contributed by atoms with Gasteiger partial charge in [0, 0.05) is 5.41 Å². The van der Waals surface area contributed by atoms with Gasteiger partial charge in [0.25, 0.3) is 0 Å². The van der Waals surface area contributed by atoms with Crippen molar-refractivity contribution in [2.75, 3.05) is 0 Å². The van der Waals surface area contributed by atoms with E-state index < -0.39 is 5.97 Å². The topological polar surface area (TPSA) is 57.5 Å². The van der Waals surface area contributed by atoms with Gasteiger partial charge in [-0.3, -0.25) is 4.79 Å². The van der Waals surface area contributed by atoms with E-state index in [0.717, 1.165) is 37.7 Å². The Hall–Kier alpha value is -1.51. The van der Waals surface area contributed by atoms with Crippen molar-refractivity contribution in [3.05, 3.63) is 29.3 Å². The number of fused-ring (bicyclic) bond motifs is 2. The molecule has 1 fully saturated rings. The minimum Gasteiger partial charge on any atom is -0.508 e. The van der Waals surface area contributed by atoms with Crippen molar-refractivity contribution < 1.29 is 15.0 Å². The van der Waals surface area contributed by atoms with Crippen molar-refractivity contribution >= 4 is 5.97 Å². The summed E-state index contributed by atoms with van der Waals surface area (Å²) in [6.45, 7) is 0. The quantitative estimate of drug-likeness (QED) is 0.782. The van der Waals surface area contributed by atoms with Crippen molar-refractivity contribution in [1.82, 2.24) is 0 Å². The Morgan fingerprint density at radius 3 is 2.71 bits per heavy atom. The molecule has 0 bridgehead atoms. The summed E-state index contributed by atoms with van der Waals surface area (Å²) in [5.74, 6) is -0.703. The Labute approximate surface area is 100 Å². The van der Waals surface area contributed by atoms with Crippen molar-refractivity contribution in [2.45, 2.75) is 37.5 Å². The average Bonchev–Trinajstić information content (AvgIpc) is 2.24. The minimum absolute atomic E-state index is 0.196. The molecule has 90 valence electrons. The molecule has 3 rings (SSSR count). The lowest BCUT2D eigenvalue weighted by Crippen LogP contribution is -2.48. The Kier molecular flexibility index (Phi) is 2.18. The number of rotatable bonds is 1. The minimum atomic E-state index is -0.682. The summed E-state index contributed by atoms with van der Waals surface area (Å²) < 4.78 is 0. The first-order valence-electron chi connectivity index (χ1n) is 6.19. The highest BCUT2D eigenvalue weighted by molar-refractivity contribution is 5.74. The SMILES string of the molecule is O=C(O)C1CCc2ccc(O)cc2C12CCC2. The monoisotopic (exact) mass is 232 g/mol. The first-order chi connectivity index (χ1) is 8.13. The molecule has 2 aliphatic carbocycles. The van der Waals surface area contributed by atoms with Gasteiger partial charge < -0.3 is 10.2 Å². The molecular formula is C14H16O3. The van der Waals surface area contributed by atoms with Crippen LogP contribution >= 0.6 is 0 Å². The zero-order chi connectivity index (χ0) is 12.0. The van der Waals surface area contributed by atoms with E-state index in [4.69, 9.17) is 0 Å². The fourth-order valence-corrected chi connectivity index (χ4v) is 3.55. The predicted octanol–water partition coefficient (Wildman–Crippen LogP) is 2.46. The van der Waals surface area contributed by atoms with Gasteiger partial charge in [-0.2, -0.15) is 0 Å². The maximum atomic E-state index is 11.4. The lowest BCUT2D eigenvalue weighted by molar-refractivity contribution is -0.147. The van der Waals surface area contributed by atoms with Crippen molar-refractivity contribution in [2.24, 2.45) is 5.92 Å². The third-order valence-corrected chi connectivity index (χ3v) is 4.54. The van der Waals surface area contributed by atoms with Crippen LogP contribution in [-0.4, -0.2) is 16.2 Å². The Morgan fingerprint density at radius 2 is 2.12 bits per heavy atom. The maximum absolute atomic E-state index is 11.4. The number of hydrogen-bond donors (Lipinski definition) is 2. The van der Waals surface area contributed by atoms with Crippen LogP contribution < -0.4 is 0 Å². The van der Waals surface area contributed by atoms with Crippen LogP contribution in [0, 0.1) is 5.92 Å². The molecule has 0 saturated heterocycles. The fourth-order valence-electron chi connectivity index (χ4n) is 3.55. The van der Waals surface area contributed by atoms with E-state index in [9.17, 15) is 15.0 Å². The summed E-state index contributed by atoms with van der Waals surface area (Å²) in [5, 5.41) is 19.0. The molecule has 3 heteroatoms. The summed E-state index contributed by atoms with van der Waals surface area (Å²) in [6, 6.07) is 5.43. The number of benzene rings is 1. The first kappa shape index (κ1) is 10.6. The summed E-state index contributed by atoms with van der Waals surface area (Å²) in [5.41, 5.74) is 2.11. The van der Waals surface area contributed by atoms with Gasteiger partial charge in [0.1, 0.15) is 5.75 Å². The van der Waals surface area contributed by atoms with E-state index in [1.807, 2.05) is 6.07 Å². The average molecular weight is 232 g/mol. The molecule has 1 aromatic rings. The Morgan fingerprint density at radius 1 is 1.35 bits per heavy atom. The normalized spacial score (nSPS) is 25.1. The molecule has 1 saturated carbocycles. The summed E-state index contributed by atoms with van der Waals surface area (Å²) in [7, 11) is 0. The molecule has 0 heterocycles. The van der Waals surface area contributed by atoms with Crippen molar-refractivity contribution in [1.29, 1.82) is 0 Å². The molecule has 0 radical (unpaired) electrons. The van der Waals surface area contributed by atoms with Gasteiger partial charge in [-0.05, 0) is 48.9 Å². The van der Waals surface area contributed by atoms with Gasteiger partial charge in [0.05, 0.1) is 5.92 Å². The Bertz CT molecular complexity index is 474. The lowest BCUT2D eigenvalue weighted by atomic mass is 9.53. The van der Waals surface area contributed by atoms with Gasteiger partial charge in [-0.15, -0.1) is 0 Å². The van der Waals surface area contributed by atoms with E-state index in [2.05, 4.69) is 0 Å². The number of hydrogen-bond acceptors (Lipinski definition) is 2. The molecule has 0 aliphatic heterocycles. The standard InChI is InChI=1S/C14H16O3/c15-10-4-2-9-3-5-11(13(16)17)14(6-1-7-14)12(9)8-10/h2,4,8,11,15H,1,3,5-7H2,(H,16,17). The number of carboxylic acid groups (broad SMARTS) is 1. The second-order valence-electron chi connectivity index (χ2n) is 5.28. The molecule has 1 unspecified atom stereocenters. The number of aromatic hydroxyl groups is 1. The molecule has 2 N–H and O–H groups in total. The number of aryl methyl sites for hydroxylation is 1. The number of carbonyl (C=O) groups is 1. The van der Waals surface area contributed by atoms with Crippen LogP contribution in [0.3, 0.4) is 0 Å². The largest absolute Gasteiger partial charge is 0.508 e. The lowest BCUT2D eigenvalue weighted by Gasteiger charge is -2.50. The van der Waals surface area contributed by atoms with Gasteiger partial charge in [-0.1, -0.05) is 12.5 Å². The van der Waals surface area contributed by atoms with Crippen molar-refractivity contribution in [3.8, 4) is 5.75 Å². The molecule has 1 atom stereocenters. The van der Waals surface area contributed by atoms with Gasteiger partial charge in [0.15, 0.2) is 0 Å². The first-order valence-corrected chi connectivity index (χ1v) is 6.19. The second-order valence-corrected chi connectivity index (χ2v) is 5.28. The zero-order valence-corrected chi connectivity index (χ0v) is 9.65. The highest BCUT2D eigenvalue weighted by atomic mass is 16.4. The molecule has 1 aromatic carbocycles. The van der Waals surface area contributed by atoms with E-state index in [0.29, 0.717) is 0 Å². The summed E-state index contributed by atoms with van der Waals surface area (Å²) >= 11 is 0. The van der Waals surface area contributed by atoms with E-state index >= 15 is 0 Å². The van der Waals surface area contributed by atoms with Crippen LogP contribution in [0.5, 0.6) is 5.75 Å². The second kappa shape index (κ2) is 3.49.